The summed E-state index contributed by atoms with van der Waals surface area (Å²) in [7, 11) is 4.70. The van der Waals surface area contributed by atoms with Gasteiger partial charge < -0.3 is 18.2 Å². The molecule has 218 valence electrons. The Hall–Kier alpha value is -0.0688. The quantitative estimate of drug-likeness (QED) is 0.250. The Morgan fingerprint density at radius 3 is 1.36 bits per heavy atom. The maximum atomic E-state index is 5.24. The van der Waals surface area contributed by atoms with Gasteiger partial charge in [-0.25, -0.2) is 10.9 Å². The van der Waals surface area contributed by atoms with Crippen molar-refractivity contribution in [2.45, 2.75) is 72.4 Å². The van der Waals surface area contributed by atoms with Crippen molar-refractivity contribution in [3.8, 4) is 0 Å². The number of unbranched alkanes of at least 4 members (excludes halogenated alkanes) is 2. The Kier molecular flexibility index (Phi) is 23.7. The van der Waals surface area contributed by atoms with Crippen LogP contribution in [0.1, 0.15) is 33.1 Å². The molecule has 0 aliphatic carbocycles. The number of benzene rings is 2. The summed E-state index contributed by atoms with van der Waals surface area (Å²) in [6.07, 6.45) is 4.08. The Balaban J connectivity index is 0. The van der Waals surface area contributed by atoms with Crippen LogP contribution < -0.4 is 29.5 Å². The van der Waals surface area contributed by atoms with E-state index in [1.807, 2.05) is 0 Å². The van der Waals surface area contributed by atoms with E-state index in [0.717, 1.165) is 18.6 Å². The summed E-state index contributed by atoms with van der Waals surface area (Å²) < 4.78 is 10.5. The molecule has 0 N–H and O–H groups in total. The van der Waals surface area contributed by atoms with Crippen molar-refractivity contribution >= 4 is 45.9 Å². The Labute approximate surface area is 261 Å². The molecule has 0 unspecified atom stereocenters. The van der Waals surface area contributed by atoms with E-state index in [2.05, 4.69) is 152 Å². The second-order valence-corrected chi connectivity index (χ2v) is 25.8. The van der Waals surface area contributed by atoms with Gasteiger partial charge in [-0.05, 0) is 66.4 Å². The smallest absolute Gasteiger partial charge is 0.598 e. The average Bonchev–Trinajstić information content (AvgIpc) is 2.81. The summed E-state index contributed by atoms with van der Waals surface area (Å²) in [6.45, 7) is 20.6. The zero-order chi connectivity index (χ0) is 29.2. The molecule has 2 rings (SSSR count). The average molecular weight is 601 g/mol. The van der Waals surface area contributed by atoms with Crippen LogP contribution in [0.4, 0.5) is 0 Å². The van der Waals surface area contributed by atoms with Crippen molar-refractivity contribution in [2.24, 2.45) is 4.03 Å². The monoisotopic (exact) mass is 600 g/mol. The van der Waals surface area contributed by atoms with Gasteiger partial charge in [0.15, 0.2) is 8.24 Å². The molecule has 0 saturated carbocycles. The van der Waals surface area contributed by atoms with Crippen molar-refractivity contribution in [1.29, 1.82) is 0 Å². The summed E-state index contributed by atoms with van der Waals surface area (Å²) in [6, 6.07) is 21.9. The summed E-state index contributed by atoms with van der Waals surface area (Å²) in [5, 5.41) is 2.86. The first-order chi connectivity index (χ1) is 17.7. The molecule has 0 fully saturated rings. The van der Waals surface area contributed by atoms with Crippen LogP contribution in [0.5, 0.6) is 0 Å². The molecule has 0 aliphatic rings. The molecule has 2 aromatic carbocycles. The minimum atomic E-state index is -1.51. The maximum Gasteiger partial charge on any atom is 1.00 e. The molecule has 0 radical (unpaired) electrons. The molecule has 0 amide bonds. The van der Waals surface area contributed by atoms with Crippen LogP contribution in [0.15, 0.2) is 64.7 Å². The van der Waals surface area contributed by atoms with Crippen LogP contribution in [0, 0.1) is 0 Å². The van der Waals surface area contributed by atoms with Crippen LogP contribution >= 0.6 is 7.92 Å². The zero-order valence-corrected chi connectivity index (χ0v) is 31.4. The molecular formula is C30H58LiN4PSSi2. The molecule has 9 heteroatoms. The van der Waals surface area contributed by atoms with Crippen LogP contribution in [0.25, 0.3) is 4.39 Å². The van der Waals surface area contributed by atoms with E-state index in [4.69, 9.17) is 8.42 Å². The number of rotatable bonds is 12. The SMILES string of the molecule is CCCCC.CN(C)CCN(C)C.C[Si](C)(C)/N=[S@@](\CP(c1ccccc1)c1ccccc1)[N-][Si](C)(C)C.[Li+]. The third kappa shape index (κ3) is 24.3. The van der Waals surface area contributed by atoms with Gasteiger partial charge in [-0.1, -0.05) is 122 Å². The third-order valence-electron chi connectivity index (χ3n) is 4.84. The van der Waals surface area contributed by atoms with Gasteiger partial charge in [0.2, 0.25) is 0 Å². The second kappa shape index (κ2) is 22.5. The fourth-order valence-corrected chi connectivity index (χ4v) is 13.7. The molecule has 0 aliphatic heterocycles. The first kappa shape index (κ1) is 41.1. The van der Waals surface area contributed by atoms with Gasteiger partial charge in [-0.3, -0.25) is 0 Å². The van der Waals surface area contributed by atoms with E-state index in [1.165, 1.54) is 29.9 Å². The molecular weight excluding hydrogens is 543 g/mol. The predicted molar refractivity (Wildman–Crippen MR) is 186 cm³/mol. The number of hydrogen-bond acceptors (Lipinski definition) is 3. The van der Waals surface area contributed by atoms with Crippen molar-refractivity contribution in [3.63, 3.8) is 0 Å². The van der Waals surface area contributed by atoms with Crippen molar-refractivity contribution in [3.05, 3.63) is 65.1 Å². The first-order valence-corrected chi connectivity index (χ1v) is 23.8. The molecule has 2 aromatic rings. The Morgan fingerprint density at radius 1 is 0.718 bits per heavy atom. The van der Waals surface area contributed by atoms with Gasteiger partial charge in [0.25, 0.3) is 0 Å². The van der Waals surface area contributed by atoms with Gasteiger partial charge in [0.1, 0.15) is 0 Å². The molecule has 4 nitrogen and oxygen atoms in total. The molecule has 0 aromatic heterocycles. The second-order valence-electron chi connectivity index (χ2n) is 12.1. The molecule has 0 spiro atoms. The van der Waals surface area contributed by atoms with Crippen molar-refractivity contribution < 1.29 is 18.9 Å². The third-order valence-corrected chi connectivity index (χ3v) is 14.7. The van der Waals surface area contributed by atoms with E-state index in [0.29, 0.717) is 0 Å². The minimum Gasteiger partial charge on any atom is -0.598 e. The maximum absolute atomic E-state index is 5.24. The van der Waals surface area contributed by atoms with Crippen LogP contribution in [-0.4, -0.2) is 73.0 Å². The Morgan fingerprint density at radius 2 is 1.10 bits per heavy atom. The Bertz CT molecular complexity index is 825. The van der Waals surface area contributed by atoms with Crippen LogP contribution in [0.2, 0.25) is 39.3 Å². The van der Waals surface area contributed by atoms with Crippen LogP contribution in [-0.2, 0) is 10.9 Å². The number of likely N-dealkylation sites (N-methyl/N-ethyl adjacent to an activating group) is 2. The van der Waals surface area contributed by atoms with Gasteiger partial charge in [-0.15, -0.1) is 0 Å². The van der Waals surface area contributed by atoms with E-state index in [-0.39, 0.29) is 29.7 Å². The molecule has 0 saturated heterocycles. The van der Waals surface area contributed by atoms with Crippen LogP contribution in [0.3, 0.4) is 0 Å². The predicted octanol–water partition coefficient (Wildman–Crippen LogP) is 5.15. The molecule has 0 bridgehead atoms. The van der Waals surface area contributed by atoms with Gasteiger partial charge >= 0.3 is 18.9 Å². The van der Waals surface area contributed by atoms with E-state index in [1.54, 1.807) is 0 Å². The topological polar surface area (TPSA) is 32.9 Å². The number of nitrogens with zero attached hydrogens (tertiary/aromatic N) is 4. The summed E-state index contributed by atoms with van der Waals surface area (Å²) in [5.74, 6) is 0. The van der Waals surface area contributed by atoms with Crippen molar-refractivity contribution in [1.82, 2.24) is 9.80 Å². The standard InChI is InChI=1S/C19H30N2PSSi2.C6H16N2.C5H12.Li/c1-24(2,3)20-23(21-25(4,5)6)17-22(18-13-9-7-10-14-18)19-15-11-8-12-16-19;1-7(2)5-6-8(3)4;1-3-5-4-2;/h7-16H,17H2,1-6H3;5-6H2,1-4H3;3-5H2,1-2H3;/q-1;;;+1. The van der Waals surface area contributed by atoms with Crippen molar-refractivity contribution in [2.75, 3.05) is 46.8 Å². The van der Waals surface area contributed by atoms with Gasteiger partial charge in [0.05, 0.1) is 0 Å². The normalized spacial score (nSPS) is 12.4. The number of hydrogen-bond donors (Lipinski definition) is 0. The molecule has 39 heavy (non-hydrogen) atoms. The largest absolute Gasteiger partial charge is 1.00 e. The molecule has 0 heterocycles. The summed E-state index contributed by atoms with van der Waals surface area (Å²) >= 11 is 0. The zero-order valence-electron chi connectivity index (χ0n) is 27.7. The van der Waals surface area contributed by atoms with Gasteiger partial charge in [0, 0.05) is 18.6 Å². The minimum absolute atomic E-state index is 0. The van der Waals surface area contributed by atoms with E-state index < -0.39 is 24.4 Å². The fourth-order valence-electron chi connectivity index (χ4n) is 3.09. The van der Waals surface area contributed by atoms with Gasteiger partial charge in [-0.2, -0.15) is 0 Å². The molecule has 1 atom stereocenters. The summed E-state index contributed by atoms with van der Waals surface area (Å²) in [5.41, 5.74) is 1.05. The summed E-state index contributed by atoms with van der Waals surface area (Å²) in [4.78, 5) is 4.36. The first-order valence-electron chi connectivity index (χ1n) is 14.0. The van der Waals surface area contributed by atoms with E-state index in [9.17, 15) is 0 Å². The van der Waals surface area contributed by atoms with E-state index >= 15 is 0 Å². The fraction of sp³-hybridized carbons (Fsp3) is 0.600.